The zero-order valence-corrected chi connectivity index (χ0v) is 12.4. The Kier molecular flexibility index (Phi) is 3.62. The van der Waals surface area contributed by atoms with E-state index in [1.165, 1.54) is 4.68 Å². The average molecular weight is 316 g/mol. The molecule has 0 unspecified atom stereocenters. The van der Waals surface area contributed by atoms with Crippen LogP contribution in [-0.2, 0) is 17.1 Å². The van der Waals surface area contributed by atoms with Crippen LogP contribution in [0.3, 0.4) is 0 Å². The van der Waals surface area contributed by atoms with Crippen molar-refractivity contribution in [2.75, 3.05) is 10.5 Å². The number of rotatable bonds is 3. The quantitative estimate of drug-likeness (QED) is 0.843. The molecule has 0 radical (unpaired) electrons. The SMILES string of the molecule is Cc1nn(C)c(C)c1NS(=O)(=O)c1cc(N)c(F)cc1F. The first-order valence-electron chi connectivity index (χ1n) is 5.91. The maximum Gasteiger partial charge on any atom is 0.265 e. The van der Waals surface area contributed by atoms with Crippen LogP contribution >= 0.6 is 0 Å². The van der Waals surface area contributed by atoms with Gasteiger partial charge in [0.25, 0.3) is 10.0 Å². The topological polar surface area (TPSA) is 90.0 Å². The molecule has 0 aliphatic heterocycles. The van der Waals surface area contributed by atoms with Gasteiger partial charge in [-0.05, 0) is 19.9 Å². The van der Waals surface area contributed by atoms with E-state index in [9.17, 15) is 17.2 Å². The average Bonchev–Trinajstić information content (AvgIpc) is 2.60. The number of halogens is 2. The van der Waals surface area contributed by atoms with Crippen LogP contribution < -0.4 is 10.5 Å². The normalized spacial score (nSPS) is 11.7. The lowest BCUT2D eigenvalue weighted by Gasteiger charge is -2.10. The van der Waals surface area contributed by atoms with E-state index in [1.807, 2.05) is 0 Å². The van der Waals surface area contributed by atoms with Gasteiger partial charge in [-0.2, -0.15) is 5.10 Å². The molecule has 1 aromatic heterocycles. The number of hydrogen-bond acceptors (Lipinski definition) is 4. The van der Waals surface area contributed by atoms with Crippen molar-refractivity contribution in [1.29, 1.82) is 0 Å². The van der Waals surface area contributed by atoms with Crippen molar-refractivity contribution in [2.24, 2.45) is 7.05 Å². The van der Waals surface area contributed by atoms with Crippen LogP contribution in [0.25, 0.3) is 0 Å². The molecule has 0 saturated heterocycles. The van der Waals surface area contributed by atoms with Gasteiger partial charge < -0.3 is 5.73 Å². The summed E-state index contributed by atoms with van der Waals surface area (Å²) in [5, 5.41) is 4.05. The molecule has 1 aromatic carbocycles. The maximum absolute atomic E-state index is 13.7. The van der Waals surface area contributed by atoms with Crippen molar-refractivity contribution < 1.29 is 17.2 Å². The lowest BCUT2D eigenvalue weighted by molar-refractivity contribution is 0.553. The Bertz CT molecular complexity index is 815. The molecule has 0 bridgehead atoms. The number of nitrogens with two attached hydrogens (primary N) is 1. The van der Waals surface area contributed by atoms with Crippen molar-refractivity contribution in [3.05, 3.63) is 35.2 Å². The Balaban J connectivity index is 2.51. The van der Waals surface area contributed by atoms with Gasteiger partial charge in [0.2, 0.25) is 0 Å². The summed E-state index contributed by atoms with van der Waals surface area (Å²) in [4.78, 5) is -0.718. The van der Waals surface area contributed by atoms with E-state index in [0.29, 0.717) is 17.5 Å². The van der Waals surface area contributed by atoms with E-state index in [1.54, 1.807) is 20.9 Å². The van der Waals surface area contributed by atoms with E-state index >= 15 is 0 Å². The molecule has 2 aromatic rings. The second-order valence-electron chi connectivity index (χ2n) is 4.58. The molecule has 21 heavy (non-hydrogen) atoms. The number of nitrogen functional groups attached to an aromatic ring is 1. The number of nitrogens with one attached hydrogen (secondary N) is 1. The summed E-state index contributed by atoms with van der Waals surface area (Å²) in [5.41, 5.74) is 6.10. The third kappa shape index (κ3) is 2.68. The van der Waals surface area contributed by atoms with E-state index in [0.717, 1.165) is 6.07 Å². The van der Waals surface area contributed by atoms with Crippen molar-refractivity contribution in [2.45, 2.75) is 18.7 Å². The number of aromatic nitrogens is 2. The highest BCUT2D eigenvalue weighted by atomic mass is 32.2. The second kappa shape index (κ2) is 4.99. The fraction of sp³-hybridized carbons (Fsp3) is 0.250. The van der Waals surface area contributed by atoms with Crippen LogP contribution in [-0.4, -0.2) is 18.2 Å². The van der Waals surface area contributed by atoms with Crippen LogP contribution in [0.1, 0.15) is 11.4 Å². The van der Waals surface area contributed by atoms with Crippen molar-refractivity contribution in [3.8, 4) is 0 Å². The Morgan fingerprint density at radius 3 is 2.38 bits per heavy atom. The molecule has 0 spiro atoms. The molecule has 1 heterocycles. The van der Waals surface area contributed by atoms with Crippen molar-refractivity contribution in [3.63, 3.8) is 0 Å². The minimum absolute atomic E-state index is 0.250. The predicted octanol–water partition coefficient (Wildman–Crippen LogP) is 1.70. The molecule has 9 heteroatoms. The molecule has 0 amide bonds. The molecule has 0 atom stereocenters. The van der Waals surface area contributed by atoms with Crippen LogP contribution in [0.5, 0.6) is 0 Å². The number of aryl methyl sites for hydroxylation is 2. The molecule has 0 fully saturated rings. The third-order valence-corrected chi connectivity index (χ3v) is 4.45. The lowest BCUT2D eigenvalue weighted by Crippen LogP contribution is -2.16. The number of nitrogens with zero attached hydrogens (tertiary/aromatic N) is 2. The van der Waals surface area contributed by atoms with Crippen LogP contribution in [0, 0.1) is 25.5 Å². The highest BCUT2D eigenvalue weighted by molar-refractivity contribution is 7.92. The molecule has 3 N–H and O–H groups in total. The number of anilines is 2. The van der Waals surface area contributed by atoms with Crippen LogP contribution in [0.2, 0.25) is 0 Å². The molecular weight excluding hydrogens is 302 g/mol. The van der Waals surface area contributed by atoms with Gasteiger partial charge in [-0.3, -0.25) is 9.40 Å². The largest absolute Gasteiger partial charge is 0.396 e. The first kappa shape index (κ1) is 15.2. The molecule has 6 nitrogen and oxygen atoms in total. The van der Waals surface area contributed by atoms with Gasteiger partial charge in [0, 0.05) is 13.1 Å². The van der Waals surface area contributed by atoms with Gasteiger partial charge in [-0.1, -0.05) is 0 Å². The first-order chi connectivity index (χ1) is 9.63. The summed E-state index contributed by atoms with van der Waals surface area (Å²) in [6, 6.07) is 1.18. The minimum Gasteiger partial charge on any atom is -0.396 e. The molecule has 2 rings (SSSR count). The maximum atomic E-state index is 13.7. The van der Waals surface area contributed by atoms with Gasteiger partial charge in [0.05, 0.1) is 22.8 Å². The fourth-order valence-electron chi connectivity index (χ4n) is 1.86. The summed E-state index contributed by atoms with van der Waals surface area (Å²) in [6.07, 6.45) is 0. The second-order valence-corrected chi connectivity index (χ2v) is 6.23. The van der Waals surface area contributed by atoms with Crippen molar-refractivity contribution in [1.82, 2.24) is 9.78 Å². The van der Waals surface area contributed by atoms with Gasteiger partial charge in [-0.15, -0.1) is 0 Å². The number of benzene rings is 1. The van der Waals surface area contributed by atoms with Gasteiger partial charge >= 0.3 is 0 Å². The Labute approximate surface area is 120 Å². The Hall–Kier alpha value is -2.16. The monoisotopic (exact) mass is 316 g/mol. The van der Waals surface area contributed by atoms with Crippen LogP contribution in [0.15, 0.2) is 17.0 Å². The van der Waals surface area contributed by atoms with Gasteiger partial charge in [0.1, 0.15) is 16.5 Å². The number of hydrogen-bond donors (Lipinski definition) is 2. The lowest BCUT2D eigenvalue weighted by atomic mass is 10.3. The fourth-order valence-corrected chi connectivity index (χ4v) is 3.13. The van der Waals surface area contributed by atoms with Gasteiger partial charge in [-0.25, -0.2) is 17.2 Å². The third-order valence-electron chi connectivity index (χ3n) is 3.09. The Morgan fingerprint density at radius 1 is 1.24 bits per heavy atom. The summed E-state index contributed by atoms with van der Waals surface area (Å²) < 4.78 is 55.0. The summed E-state index contributed by atoms with van der Waals surface area (Å²) in [6.45, 7) is 3.27. The van der Waals surface area contributed by atoms with E-state index < -0.39 is 32.2 Å². The zero-order valence-electron chi connectivity index (χ0n) is 11.6. The summed E-state index contributed by atoms with van der Waals surface area (Å²) in [7, 11) is -2.59. The minimum atomic E-state index is -4.24. The number of sulfonamides is 1. The van der Waals surface area contributed by atoms with E-state index in [2.05, 4.69) is 9.82 Å². The highest BCUT2D eigenvalue weighted by Gasteiger charge is 2.24. The highest BCUT2D eigenvalue weighted by Crippen LogP contribution is 2.26. The summed E-state index contributed by atoms with van der Waals surface area (Å²) in [5.74, 6) is -2.23. The molecule has 114 valence electrons. The molecule has 0 saturated carbocycles. The zero-order chi connectivity index (χ0) is 15.9. The predicted molar refractivity (Wildman–Crippen MR) is 74.3 cm³/mol. The standard InChI is InChI=1S/C12H14F2N4O2S/c1-6-12(7(2)18(3)16-6)17-21(19,20)11-5-10(15)8(13)4-9(11)14/h4-5,17H,15H2,1-3H3. The molecule has 0 aliphatic rings. The smallest absolute Gasteiger partial charge is 0.265 e. The molecule has 0 aliphatic carbocycles. The first-order valence-corrected chi connectivity index (χ1v) is 7.39. The van der Waals surface area contributed by atoms with E-state index in [-0.39, 0.29) is 5.69 Å². The van der Waals surface area contributed by atoms with Gasteiger partial charge in [0.15, 0.2) is 0 Å². The van der Waals surface area contributed by atoms with Crippen molar-refractivity contribution >= 4 is 21.4 Å². The van der Waals surface area contributed by atoms with E-state index in [4.69, 9.17) is 5.73 Å². The summed E-state index contributed by atoms with van der Waals surface area (Å²) >= 11 is 0. The molecular formula is C12H14F2N4O2S. The van der Waals surface area contributed by atoms with Crippen LogP contribution in [0.4, 0.5) is 20.2 Å². The Morgan fingerprint density at radius 2 is 1.86 bits per heavy atom.